The van der Waals surface area contributed by atoms with Gasteiger partial charge in [-0.15, -0.1) is 0 Å². The van der Waals surface area contributed by atoms with Gasteiger partial charge in [-0.2, -0.15) is 4.74 Å². The molecule has 0 bridgehead atoms. The average Bonchev–Trinajstić information content (AvgIpc) is 2.35. The predicted molar refractivity (Wildman–Crippen MR) is 76.4 cm³/mol. The highest BCUT2D eigenvalue weighted by atomic mass is 35.5. The lowest BCUT2D eigenvalue weighted by Gasteiger charge is -2.06. The minimum atomic E-state index is 0.184. The van der Waals surface area contributed by atoms with Crippen LogP contribution in [0, 0.1) is 5.21 Å². The molecule has 2 aromatic rings. The van der Waals surface area contributed by atoms with E-state index >= 15 is 0 Å². The molecule has 0 aromatic heterocycles. The molecule has 2 rings (SSSR count). The first-order valence-electron chi connectivity index (χ1n) is 5.09. The van der Waals surface area contributed by atoms with E-state index in [0.717, 1.165) is 5.56 Å². The topological polar surface area (TPSA) is 26.1 Å². The molecule has 2 aromatic carbocycles. The average molecular weight is 301 g/mol. The van der Waals surface area contributed by atoms with Crippen molar-refractivity contribution < 1.29 is 4.74 Å². The fourth-order valence-corrected chi connectivity index (χ4v) is 2.12. The van der Waals surface area contributed by atoms with Gasteiger partial charge in [-0.25, -0.2) is 0 Å². The van der Waals surface area contributed by atoms with Crippen molar-refractivity contribution in [3.63, 3.8) is 0 Å². The number of benzene rings is 2. The Hall–Kier alpha value is -1.22. The van der Waals surface area contributed by atoms with Crippen molar-refractivity contribution >= 4 is 46.7 Å². The molecule has 0 spiro atoms. The summed E-state index contributed by atoms with van der Waals surface area (Å²) in [7, 11) is 0. The quantitative estimate of drug-likeness (QED) is 0.254. The molecule has 0 aliphatic rings. The number of hydrogen-bond acceptors (Lipinski definition) is 1. The molecule has 92 valence electrons. The largest absolute Gasteiger partial charge is 0.618 e. The Kier molecular flexibility index (Phi) is 4.12. The van der Waals surface area contributed by atoms with Crippen LogP contribution in [0.1, 0.15) is 5.56 Å². The minimum Gasteiger partial charge on any atom is -0.618 e. The molecular formula is C13H8Cl3NO. The third-order valence-electron chi connectivity index (χ3n) is 2.28. The molecule has 0 aliphatic heterocycles. The first-order valence-corrected chi connectivity index (χ1v) is 6.22. The van der Waals surface area contributed by atoms with Gasteiger partial charge >= 0.3 is 0 Å². The molecule has 0 unspecified atom stereocenters. The maximum absolute atomic E-state index is 12.0. The zero-order valence-electron chi connectivity index (χ0n) is 9.11. The second kappa shape index (κ2) is 5.61. The zero-order chi connectivity index (χ0) is 13.1. The van der Waals surface area contributed by atoms with Crippen LogP contribution < -0.4 is 0 Å². The van der Waals surface area contributed by atoms with Crippen LogP contribution in [0.2, 0.25) is 15.1 Å². The van der Waals surface area contributed by atoms with Crippen molar-refractivity contribution in [3.05, 3.63) is 68.3 Å². The van der Waals surface area contributed by atoms with Crippen LogP contribution >= 0.6 is 34.8 Å². The second-order valence-corrected chi connectivity index (χ2v) is 4.81. The Labute approximate surface area is 120 Å². The Balaban J connectivity index is 2.46. The molecule has 0 fully saturated rings. The standard InChI is InChI=1S/C13H8Cl3NO/c14-10-6-11(15)13(16)12(7-10)17(18)8-9-4-2-1-3-5-9/h1-8H. The summed E-state index contributed by atoms with van der Waals surface area (Å²) in [6.07, 6.45) is 1.41. The van der Waals surface area contributed by atoms with Gasteiger partial charge in [0.15, 0.2) is 6.21 Å². The minimum absolute atomic E-state index is 0.184. The molecule has 18 heavy (non-hydrogen) atoms. The van der Waals surface area contributed by atoms with Crippen LogP contribution in [-0.2, 0) is 0 Å². The molecule has 0 atom stereocenters. The second-order valence-electron chi connectivity index (χ2n) is 3.59. The highest BCUT2D eigenvalue weighted by Crippen LogP contribution is 2.34. The summed E-state index contributed by atoms with van der Waals surface area (Å²) in [6.45, 7) is 0. The molecule has 5 heteroatoms. The zero-order valence-corrected chi connectivity index (χ0v) is 11.4. The van der Waals surface area contributed by atoms with Crippen molar-refractivity contribution in [3.8, 4) is 0 Å². The lowest BCUT2D eigenvalue weighted by Crippen LogP contribution is -1.99. The van der Waals surface area contributed by atoms with Crippen molar-refractivity contribution in [2.45, 2.75) is 0 Å². The van der Waals surface area contributed by atoms with E-state index in [1.54, 1.807) is 0 Å². The van der Waals surface area contributed by atoms with Crippen molar-refractivity contribution in [2.24, 2.45) is 0 Å². The Morgan fingerprint density at radius 1 is 1.00 bits per heavy atom. The van der Waals surface area contributed by atoms with E-state index in [0.29, 0.717) is 9.76 Å². The fraction of sp³-hybridized carbons (Fsp3) is 0. The van der Waals surface area contributed by atoms with Gasteiger partial charge in [0.05, 0.1) is 5.02 Å². The smallest absolute Gasteiger partial charge is 0.238 e. The Morgan fingerprint density at radius 3 is 2.33 bits per heavy atom. The third-order valence-corrected chi connectivity index (χ3v) is 3.29. The van der Waals surface area contributed by atoms with Crippen LogP contribution in [0.15, 0.2) is 42.5 Å². The van der Waals surface area contributed by atoms with Crippen molar-refractivity contribution in [1.29, 1.82) is 0 Å². The van der Waals surface area contributed by atoms with Gasteiger partial charge in [-0.05, 0) is 18.2 Å². The van der Waals surface area contributed by atoms with Gasteiger partial charge in [0.1, 0.15) is 5.02 Å². The monoisotopic (exact) mass is 299 g/mol. The van der Waals surface area contributed by atoms with Gasteiger partial charge in [0.2, 0.25) is 5.69 Å². The van der Waals surface area contributed by atoms with Gasteiger partial charge < -0.3 is 5.21 Å². The van der Waals surface area contributed by atoms with Crippen LogP contribution in [0.5, 0.6) is 0 Å². The summed E-state index contributed by atoms with van der Waals surface area (Å²) in [5, 5.41) is 12.8. The van der Waals surface area contributed by atoms with E-state index in [9.17, 15) is 5.21 Å². The van der Waals surface area contributed by atoms with E-state index in [1.165, 1.54) is 18.3 Å². The first kappa shape index (κ1) is 13.2. The molecular weight excluding hydrogens is 293 g/mol. The van der Waals surface area contributed by atoms with E-state index < -0.39 is 0 Å². The van der Waals surface area contributed by atoms with Crippen molar-refractivity contribution in [1.82, 2.24) is 0 Å². The summed E-state index contributed by atoms with van der Waals surface area (Å²) in [6, 6.07) is 12.1. The first-order chi connectivity index (χ1) is 8.58. The van der Waals surface area contributed by atoms with Gasteiger partial charge in [-0.1, -0.05) is 53.0 Å². The summed E-state index contributed by atoms with van der Waals surface area (Å²) in [5.74, 6) is 0. The number of rotatable bonds is 2. The maximum atomic E-state index is 12.0. The fourth-order valence-electron chi connectivity index (χ4n) is 1.45. The third kappa shape index (κ3) is 2.96. The number of nitrogens with zero attached hydrogens (tertiary/aromatic N) is 1. The summed E-state index contributed by atoms with van der Waals surface area (Å²) >= 11 is 17.7. The lowest BCUT2D eigenvalue weighted by molar-refractivity contribution is -0.354. The van der Waals surface area contributed by atoms with E-state index in [4.69, 9.17) is 34.8 Å². The molecule has 2 nitrogen and oxygen atoms in total. The van der Waals surface area contributed by atoms with Gasteiger partial charge in [-0.3, -0.25) is 0 Å². The molecule has 0 aliphatic carbocycles. The Bertz CT molecular complexity index is 597. The van der Waals surface area contributed by atoms with Gasteiger partial charge in [0, 0.05) is 16.7 Å². The summed E-state index contributed by atoms with van der Waals surface area (Å²) < 4.78 is 0.648. The van der Waals surface area contributed by atoms with Gasteiger partial charge in [0.25, 0.3) is 0 Å². The molecule has 0 N–H and O–H groups in total. The van der Waals surface area contributed by atoms with E-state index in [2.05, 4.69) is 0 Å². The van der Waals surface area contributed by atoms with Crippen LogP contribution in [0.4, 0.5) is 5.69 Å². The molecule has 0 heterocycles. The number of hydrogen-bond donors (Lipinski definition) is 0. The van der Waals surface area contributed by atoms with E-state index in [1.807, 2.05) is 30.3 Å². The Morgan fingerprint density at radius 2 is 1.67 bits per heavy atom. The van der Waals surface area contributed by atoms with Crippen LogP contribution in [0.25, 0.3) is 0 Å². The summed E-state index contributed by atoms with van der Waals surface area (Å²) in [5.41, 5.74) is 0.984. The maximum Gasteiger partial charge on any atom is 0.238 e. The lowest BCUT2D eigenvalue weighted by atomic mass is 10.2. The van der Waals surface area contributed by atoms with Crippen LogP contribution in [-0.4, -0.2) is 11.0 Å². The molecule has 0 amide bonds. The van der Waals surface area contributed by atoms with Crippen LogP contribution in [0.3, 0.4) is 0 Å². The molecule has 0 saturated carbocycles. The highest BCUT2D eigenvalue weighted by molar-refractivity contribution is 6.44. The summed E-state index contributed by atoms with van der Waals surface area (Å²) in [4.78, 5) is 0. The highest BCUT2D eigenvalue weighted by Gasteiger charge is 2.13. The SMILES string of the molecule is [O-][N+](=Cc1ccccc1)c1cc(Cl)cc(Cl)c1Cl. The molecule has 0 saturated heterocycles. The van der Waals surface area contributed by atoms with E-state index in [-0.39, 0.29) is 15.7 Å². The predicted octanol–water partition coefficient (Wildman–Crippen LogP) is 4.91. The molecule has 0 radical (unpaired) electrons. The van der Waals surface area contributed by atoms with Crippen molar-refractivity contribution in [2.75, 3.05) is 0 Å². The number of halogens is 3. The normalized spacial score (nSPS) is 11.6.